The molecule has 0 radical (unpaired) electrons. The highest BCUT2D eigenvalue weighted by atomic mass is 16.7. The van der Waals surface area contributed by atoms with Crippen molar-refractivity contribution in [1.29, 1.82) is 0 Å². The summed E-state index contributed by atoms with van der Waals surface area (Å²) in [7, 11) is 1.66. The Balaban J connectivity index is 2.32. The molecule has 0 aromatic carbocycles. The van der Waals surface area contributed by atoms with Crippen LogP contribution in [0, 0.1) is 0 Å². The summed E-state index contributed by atoms with van der Waals surface area (Å²) in [4.78, 5) is 12.1. The Kier molecular flexibility index (Phi) is 2.31. The molecule has 1 atom stereocenters. The van der Waals surface area contributed by atoms with Crippen LogP contribution in [0.5, 0.6) is 0 Å². The molecule has 2 heterocycles. The Hall–Kier alpha value is -1.29. The molecule has 4 nitrogen and oxygen atoms in total. The Morgan fingerprint density at radius 3 is 3.00 bits per heavy atom. The summed E-state index contributed by atoms with van der Waals surface area (Å²) in [5.41, 5.74) is -0.154. The summed E-state index contributed by atoms with van der Waals surface area (Å²) in [6, 6.07) is 0.173. The molecule has 2 rings (SSSR count). The Morgan fingerprint density at radius 2 is 2.40 bits per heavy atom. The van der Waals surface area contributed by atoms with Crippen LogP contribution in [0.4, 0.5) is 0 Å². The van der Waals surface area contributed by atoms with Gasteiger partial charge in [0.1, 0.15) is 0 Å². The highest BCUT2D eigenvalue weighted by Crippen LogP contribution is 2.25. The zero-order chi connectivity index (χ0) is 11.1. The van der Waals surface area contributed by atoms with Gasteiger partial charge in [-0.05, 0) is 19.9 Å². The molecule has 15 heavy (non-hydrogen) atoms. The monoisotopic (exact) mass is 207 g/mol. The van der Waals surface area contributed by atoms with Crippen molar-refractivity contribution in [2.24, 2.45) is 4.99 Å². The van der Waals surface area contributed by atoms with Crippen molar-refractivity contribution in [2.45, 2.75) is 25.4 Å². The number of hydrogen-bond donors (Lipinski definition) is 0. The first-order chi connectivity index (χ1) is 7.07. The molecule has 0 aromatic rings. The van der Waals surface area contributed by atoms with E-state index < -0.39 is 0 Å². The van der Waals surface area contributed by atoms with E-state index in [-0.39, 0.29) is 11.6 Å². The van der Waals surface area contributed by atoms with E-state index in [0.29, 0.717) is 0 Å². The first-order valence-corrected chi connectivity index (χ1v) is 5.09. The Labute approximate surface area is 90.5 Å². The lowest BCUT2D eigenvalue weighted by molar-refractivity contribution is -0.0736. The molecular weight excluding hydrogens is 190 g/mol. The fourth-order valence-electron chi connectivity index (χ4n) is 1.83. The van der Waals surface area contributed by atoms with Crippen molar-refractivity contribution in [1.82, 2.24) is 9.96 Å². The highest BCUT2D eigenvalue weighted by Gasteiger charge is 2.36. The summed E-state index contributed by atoms with van der Waals surface area (Å²) < 4.78 is 0. The third-order valence-electron chi connectivity index (χ3n) is 2.66. The van der Waals surface area contributed by atoms with Crippen LogP contribution in [0.3, 0.4) is 0 Å². The molecule has 2 aliphatic heterocycles. The van der Waals surface area contributed by atoms with E-state index in [0.717, 1.165) is 12.5 Å². The summed E-state index contributed by atoms with van der Waals surface area (Å²) >= 11 is 0. The van der Waals surface area contributed by atoms with Gasteiger partial charge in [0, 0.05) is 6.20 Å². The van der Waals surface area contributed by atoms with Crippen molar-refractivity contribution >= 4 is 5.96 Å². The molecule has 1 fully saturated rings. The maximum Gasteiger partial charge on any atom is 0.226 e. The average Bonchev–Trinajstić information content (AvgIpc) is 2.53. The van der Waals surface area contributed by atoms with Gasteiger partial charge in [-0.15, -0.1) is 6.58 Å². The van der Waals surface area contributed by atoms with Gasteiger partial charge in [-0.2, -0.15) is 0 Å². The molecule has 82 valence electrons. The lowest BCUT2D eigenvalue weighted by atomic mass is 10.1. The Morgan fingerprint density at radius 1 is 1.67 bits per heavy atom. The van der Waals surface area contributed by atoms with Crippen LogP contribution in [0.25, 0.3) is 0 Å². The molecule has 0 saturated carbocycles. The second kappa shape index (κ2) is 3.38. The van der Waals surface area contributed by atoms with Crippen LogP contribution in [-0.4, -0.2) is 41.2 Å². The van der Waals surface area contributed by atoms with Gasteiger partial charge < -0.3 is 4.90 Å². The maximum atomic E-state index is 5.33. The lowest BCUT2D eigenvalue weighted by Gasteiger charge is -2.28. The standard InChI is InChI=1S/C11H17N3O/c1-5-9-8-13-7-6-11(2,3)12-10(13)14(9)15-4/h5-7,9H,1,8H2,2-4H3/t9-/m1/s1. The van der Waals surface area contributed by atoms with E-state index in [4.69, 9.17) is 4.84 Å². The van der Waals surface area contributed by atoms with Crippen LogP contribution in [0.2, 0.25) is 0 Å². The normalized spacial score (nSPS) is 27.7. The van der Waals surface area contributed by atoms with Crippen LogP contribution >= 0.6 is 0 Å². The zero-order valence-electron chi connectivity index (χ0n) is 9.47. The number of hydroxylamine groups is 2. The van der Waals surface area contributed by atoms with Crippen LogP contribution in [0.1, 0.15) is 13.8 Å². The molecule has 2 aliphatic rings. The number of nitrogens with zero attached hydrogens (tertiary/aromatic N) is 3. The van der Waals surface area contributed by atoms with Gasteiger partial charge in [-0.25, -0.2) is 10.1 Å². The molecular formula is C11H17N3O. The molecule has 0 amide bonds. The average molecular weight is 207 g/mol. The van der Waals surface area contributed by atoms with Crippen molar-refractivity contribution in [2.75, 3.05) is 13.7 Å². The van der Waals surface area contributed by atoms with Gasteiger partial charge in [0.25, 0.3) is 0 Å². The predicted octanol–water partition coefficient (Wildman–Crippen LogP) is 1.38. The van der Waals surface area contributed by atoms with Gasteiger partial charge in [0.15, 0.2) is 0 Å². The SMILES string of the molecule is C=C[C@@H]1CN2C=CC(C)(C)N=C2N1OC. The summed E-state index contributed by atoms with van der Waals surface area (Å²) in [5, 5.41) is 1.80. The quantitative estimate of drug-likeness (QED) is 0.640. The van der Waals surface area contributed by atoms with Crippen LogP contribution in [0.15, 0.2) is 29.9 Å². The number of fused-ring (bicyclic) bond motifs is 1. The highest BCUT2D eigenvalue weighted by molar-refractivity contribution is 5.84. The molecule has 0 spiro atoms. The van der Waals surface area contributed by atoms with E-state index in [1.807, 2.05) is 6.08 Å². The largest absolute Gasteiger partial charge is 0.315 e. The number of guanidine groups is 1. The van der Waals surface area contributed by atoms with Gasteiger partial charge in [-0.1, -0.05) is 6.08 Å². The molecule has 0 aliphatic carbocycles. The second-order valence-corrected chi connectivity index (χ2v) is 4.34. The topological polar surface area (TPSA) is 28.1 Å². The third-order valence-corrected chi connectivity index (χ3v) is 2.66. The molecule has 0 N–H and O–H groups in total. The van der Waals surface area contributed by atoms with E-state index in [1.165, 1.54) is 0 Å². The number of rotatable bonds is 2. The maximum absolute atomic E-state index is 5.33. The minimum atomic E-state index is -0.154. The van der Waals surface area contributed by atoms with E-state index in [1.54, 1.807) is 12.2 Å². The van der Waals surface area contributed by atoms with E-state index >= 15 is 0 Å². The zero-order valence-corrected chi connectivity index (χ0v) is 9.47. The summed E-state index contributed by atoms with van der Waals surface area (Å²) in [6.07, 6.45) is 6.04. The fourth-order valence-corrected chi connectivity index (χ4v) is 1.83. The molecule has 0 bridgehead atoms. The van der Waals surface area contributed by atoms with Crippen LogP contribution in [-0.2, 0) is 4.84 Å². The summed E-state index contributed by atoms with van der Waals surface area (Å²) in [5.74, 6) is 0.870. The van der Waals surface area contributed by atoms with Crippen molar-refractivity contribution in [3.05, 3.63) is 24.9 Å². The van der Waals surface area contributed by atoms with Crippen molar-refractivity contribution < 1.29 is 4.84 Å². The molecule has 4 heteroatoms. The lowest BCUT2D eigenvalue weighted by Crippen LogP contribution is -2.37. The van der Waals surface area contributed by atoms with Gasteiger partial charge in [0.05, 0.1) is 25.2 Å². The fraction of sp³-hybridized carbons (Fsp3) is 0.545. The van der Waals surface area contributed by atoms with Gasteiger partial charge in [0.2, 0.25) is 5.96 Å². The number of hydrogen-bond acceptors (Lipinski definition) is 4. The third kappa shape index (κ3) is 1.65. The van der Waals surface area contributed by atoms with Crippen molar-refractivity contribution in [3.63, 3.8) is 0 Å². The smallest absolute Gasteiger partial charge is 0.226 e. The Bertz CT molecular complexity index is 333. The second-order valence-electron chi connectivity index (χ2n) is 4.34. The minimum Gasteiger partial charge on any atom is -0.315 e. The molecule has 0 aromatic heterocycles. The first-order valence-electron chi connectivity index (χ1n) is 5.09. The molecule has 1 saturated heterocycles. The minimum absolute atomic E-state index is 0.154. The van der Waals surface area contributed by atoms with Crippen LogP contribution < -0.4 is 0 Å². The predicted molar refractivity (Wildman–Crippen MR) is 60.2 cm³/mol. The van der Waals surface area contributed by atoms with E-state index in [9.17, 15) is 0 Å². The first kappa shape index (κ1) is 10.2. The van der Waals surface area contributed by atoms with Gasteiger partial charge >= 0.3 is 0 Å². The van der Waals surface area contributed by atoms with Gasteiger partial charge in [-0.3, -0.25) is 4.84 Å². The summed E-state index contributed by atoms with van der Waals surface area (Å²) in [6.45, 7) is 8.80. The van der Waals surface area contributed by atoms with Crippen molar-refractivity contribution in [3.8, 4) is 0 Å². The van der Waals surface area contributed by atoms with E-state index in [2.05, 4.69) is 42.6 Å². The molecule has 0 unspecified atom stereocenters. The number of aliphatic imine (C=N–C) groups is 1.